The molecule has 2 heterocycles. The van der Waals surface area contributed by atoms with Gasteiger partial charge in [0.15, 0.2) is 0 Å². The van der Waals surface area contributed by atoms with E-state index in [9.17, 15) is 4.39 Å². The van der Waals surface area contributed by atoms with Gasteiger partial charge in [-0.3, -0.25) is 4.68 Å². The molecule has 4 nitrogen and oxygen atoms in total. The van der Waals surface area contributed by atoms with Crippen molar-refractivity contribution in [1.82, 2.24) is 19.3 Å². The molecule has 0 amide bonds. The molecule has 1 atom stereocenters. The molecule has 0 aliphatic rings. The van der Waals surface area contributed by atoms with Crippen molar-refractivity contribution >= 4 is 22.6 Å². The van der Waals surface area contributed by atoms with E-state index in [1.54, 1.807) is 6.07 Å². The molecule has 1 aromatic carbocycles. The number of halogens is 2. The number of fused-ring (bicyclic) bond motifs is 1. The van der Waals surface area contributed by atoms with Crippen LogP contribution in [0.4, 0.5) is 4.39 Å². The maximum Gasteiger partial charge on any atom is 0.128 e. The number of benzene rings is 1. The summed E-state index contributed by atoms with van der Waals surface area (Å²) in [4.78, 5) is 4.47. The lowest BCUT2D eigenvalue weighted by Gasteiger charge is -2.10. The van der Waals surface area contributed by atoms with E-state index >= 15 is 0 Å². The van der Waals surface area contributed by atoms with Gasteiger partial charge in [0, 0.05) is 24.4 Å². The highest BCUT2D eigenvalue weighted by Gasteiger charge is 2.17. The smallest absolute Gasteiger partial charge is 0.128 e. The Morgan fingerprint density at radius 2 is 2.14 bits per heavy atom. The van der Waals surface area contributed by atoms with Crippen LogP contribution in [-0.4, -0.2) is 19.3 Å². The number of hydrogen-bond acceptors (Lipinski definition) is 2. The summed E-state index contributed by atoms with van der Waals surface area (Å²) < 4.78 is 17.2. The molecular weight excluding hydrogens is 291 g/mol. The Morgan fingerprint density at radius 1 is 1.38 bits per heavy atom. The van der Waals surface area contributed by atoms with Gasteiger partial charge in [0.1, 0.15) is 11.6 Å². The molecule has 0 saturated carbocycles. The van der Waals surface area contributed by atoms with Crippen LogP contribution in [0.3, 0.4) is 0 Å². The second-order valence-electron chi connectivity index (χ2n) is 5.18. The molecule has 0 N–H and O–H groups in total. The summed E-state index contributed by atoms with van der Waals surface area (Å²) in [5.74, 6) is 0.444. The molecule has 0 bridgehead atoms. The van der Waals surface area contributed by atoms with Crippen LogP contribution >= 0.6 is 11.6 Å². The van der Waals surface area contributed by atoms with Gasteiger partial charge in [-0.1, -0.05) is 0 Å². The lowest BCUT2D eigenvalue weighted by atomic mass is 10.2. The first-order chi connectivity index (χ1) is 9.97. The maximum atomic E-state index is 13.4. The number of imidazole rings is 1. The van der Waals surface area contributed by atoms with E-state index in [1.165, 1.54) is 12.1 Å². The highest BCUT2D eigenvalue weighted by atomic mass is 35.5. The van der Waals surface area contributed by atoms with Crippen LogP contribution in [0.1, 0.15) is 29.4 Å². The molecule has 1 unspecified atom stereocenters. The monoisotopic (exact) mass is 306 g/mol. The molecule has 0 radical (unpaired) electrons. The average molecular weight is 307 g/mol. The van der Waals surface area contributed by atoms with Crippen molar-refractivity contribution in [2.24, 2.45) is 7.05 Å². The fourth-order valence-corrected chi connectivity index (χ4v) is 2.63. The predicted octanol–water partition coefficient (Wildman–Crippen LogP) is 3.57. The fraction of sp³-hybridized carbons (Fsp3) is 0.333. The molecule has 3 rings (SSSR count). The van der Waals surface area contributed by atoms with Gasteiger partial charge < -0.3 is 4.57 Å². The Hall–Kier alpha value is -1.88. The van der Waals surface area contributed by atoms with Gasteiger partial charge in [0.25, 0.3) is 0 Å². The van der Waals surface area contributed by atoms with Crippen molar-refractivity contribution in [3.8, 4) is 0 Å². The summed E-state index contributed by atoms with van der Waals surface area (Å²) in [6.07, 6.45) is 1.84. The van der Waals surface area contributed by atoms with Crippen LogP contribution in [0.5, 0.6) is 0 Å². The van der Waals surface area contributed by atoms with Crippen LogP contribution in [-0.2, 0) is 13.6 Å². The Bertz CT molecular complexity index is 803. The molecule has 3 aromatic rings. The standard InChI is InChI=1S/C15H16ClFN4/c1-9(16)15-19-13-6-12(17)4-5-14(13)21(15)8-11-7-18-20(3)10(11)2/h4-7,9H,8H2,1-3H3. The zero-order chi connectivity index (χ0) is 15.1. The van der Waals surface area contributed by atoms with E-state index in [0.29, 0.717) is 12.1 Å². The molecule has 0 aliphatic carbocycles. The van der Waals surface area contributed by atoms with E-state index in [0.717, 1.165) is 22.6 Å². The quantitative estimate of drug-likeness (QED) is 0.694. The van der Waals surface area contributed by atoms with Crippen LogP contribution in [0.2, 0.25) is 0 Å². The number of alkyl halides is 1. The maximum absolute atomic E-state index is 13.4. The second-order valence-corrected chi connectivity index (χ2v) is 5.84. The van der Waals surface area contributed by atoms with Crippen molar-refractivity contribution in [2.75, 3.05) is 0 Å². The molecular formula is C15H16ClFN4. The first kappa shape index (κ1) is 14.1. The Balaban J connectivity index is 2.15. The predicted molar refractivity (Wildman–Crippen MR) is 81.0 cm³/mol. The molecule has 0 aliphatic heterocycles. The van der Waals surface area contributed by atoms with Gasteiger partial charge in [-0.05, 0) is 26.0 Å². The van der Waals surface area contributed by atoms with Crippen LogP contribution in [0.25, 0.3) is 11.0 Å². The van der Waals surface area contributed by atoms with Crippen molar-refractivity contribution in [3.05, 3.63) is 47.3 Å². The van der Waals surface area contributed by atoms with E-state index in [-0.39, 0.29) is 11.2 Å². The first-order valence-corrected chi connectivity index (χ1v) is 7.18. The lowest BCUT2D eigenvalue weighted by molar-refractivity contribution is 0.629. The summed E-state index contributed by atoms with van der Waals surface area (Å²) in [5, 5.41) is 4.00. The normalized spacial score (nSPS) is 13.0. The summed E-state index contributed by atoms with van der Waals surface area (Å²) in [6, 6.07) is 4.62. The summed E-state index contributed by atoms with van der Waals surface area (Å²) >= 11 is 6.23. The summed E-state index contributed by atoms with van der Waals surface area (Å²) in [7, 11) is 1.91. The number of aryl methyl sites for hydroxylation is 1. The SMILES string of the molecule is Cc1c(Cn2c(C(C)Cl)nc3cc(F)ccc32)cnn1C. The van der Waals surface area contributed by atoms with Gasteiger partial charge >= 0.3 is 0 Å². The third-order valence-corrected chi connectivity index (χ3v) is 3.96. The lowest BCUT2D eigenvalue weighted by Crippen LogP contribution is -2.06. The molecule has 0 fully saturated rings. The van der Waals surface area contributed by atoms with Crippen molar-refractivity contribution < 1.29 is 4.39 Å². The zero-order valence-corrected chi connectivity index (χ0v) is 12.9. The minimum atomic E-state index is -0.293. The molecule has 2 aromatic heterocycles. The third kappa shape index (κ3) is 2.42. The van der Waals surface area contributed by atoms with E-state index in [1.807, 2.05) is 36.3 Å². The largest absolute Gasteiger partial charge is 0.322 e. The van der Waals surface area contributed by atoms with Gasteiger partial charge in [-0.25, -0.2) is 9.37 Å². The van der Waals surface area contributed by atoms with Gasteiger partial charge in [-0.2, -0.15) is 5.10 Å². The fourth-order valence-electron chi connectivity index (χ4n) is 2.46. The van der Waals surface area contributed by atoms with Gasteiger partial charge in [0.05, 0.1) is 29.2 Å². The van der Waals surface area contributed by atoms with Crippen molar-refractivity contribution in [1.29, 1.82) is 0 Å². The zero-order valence-electron chi connectivity index (χ0n) is 12.1. The summed E-state index contributed by atoms with van der Waals surface area (Å²) in [6.45, 7) is 4.50. The highest BCUT2D eigenvalue weighted by Crippen LogP contribution is 2.26. The third-order valence-electron chi connectivity index (χ3n) is 3.76. The minimum absolute atomic E-state index is 0.252. The topological polar surface area (TPSA) is 35.6 Å². The van der Waals surface area contributed by atoms with E-state index in [2.05, 4.69) is 10.1 Å². The van der Waals surface area contributed by atoms with Gasteiger partial charge in [0.2, 0.25) is 0 Å². The number of aromatic nitrogens is 4. The average Bonchev–Trinajstić information content (AvgIpc) is 2.94. The van der Waals surface area contributed by atoms with Crippen molar-refractivity contribution in [3.63, 3.8) is 0 Å². The van der Waals surface area contributed by atoms with Crippen molar-refractivity contribution in [2.45, 2.75) is 25.8 Å². The number of rotatable bonds is 3. The minimum Gasteiger partial charge on any atom is -0.322 e. The Kier molecular flexibility index (Phi) is 3.45. The Morgan fingerprint density at radius 3 is 2.76 bits per heavy atom. The molecule has 110 valence electrons. The first-order valence-electron chi connectivity index (χ1n) is 6.74. The molecule has 0 saturated heterocycles. The summed E-state index contributed by atoms with van der Waals surface area (Å²) in [5.41, 5.74) is 3.69. The van der Waals surface area contributed by atoms with E-state index in [4.69, 9.17) is 11.6 Å². The van der Waals surface area contributed by atoms with E-state index < -0.39 is 0 Å². The highest BCUT2D eigenvalue weighted by molar-refractivity contribution is 6.20. The molecule has 0 spiro atoms. The molecule has 6 heteroatoms. The number of hydrogen-bond donors (Lipinski definition) is 0. The van der Waals surface area contributed by atoms with Crippen LogP contribution in [0.15, 0.2) is 24.4 Å². The molecule has 21 heavy (non-hydrogen) atoms. The Labute approximate surface area is 127 Å². The number of nitrogens with zero attached hydrogens (tertiary/aromatic N) is 4. The van der Waals surface area contributed by atoms with Crippen LogP contribution in [0, 0.1) is 12.7 Å². The second kappa shape index (κ2) is 5.15. The van der Waals surface area contributed by atoms with Gasteiger partial charge in [-0.15, -0.1) is 11.6 Å². The van der Waals surface area contributed by atoms with Crippen LogP contribution < -0.4 is 0 Å².